The Bertz CT molecular complexity index is 1090. The fourth-order valence-electron chi connectivity index (χ4n) is 3.70. The number of aryl methyl sites for hydroxylation is 1. The average Bonchev–Trinajstić information content (AvgIpc) is 3.15. The second-order valence-electron chi connectivity index (χ2n) is 7.77. The van der Waals surface area contributed by atoms with Crippen molar-refractivity contribution in [1.29, 1.82) is 0 Å². The van der Waals surface area contributed by atoms with E-state index in [0.29, 0.717) is 5.56 Å². The second-order valence-corrected chi connectivity index (χ2v) is 7.77. The van der Waals surface area contributed by atoms with Gasteiger partial charge in [-0.15, -0.1) is 8.78 Å². The lowest BCUT2D eigenvalue weighted by atomic mass is 9.91. The molecule has 2 aliphatic heterocycles. The number of anilines is 1. The van der Waals surface area contributed by atoms with Gasteiger partial charge in [-0.3, -0.25) is 14.5 Å². The van der Waals surface area contributed by atoms with Gasteiger partial charge in [-0.2, -0.15) is 0 Å². The van der Waals surface area contributed by atoms with Gasteiger partial charge in [0, 0.05) is 11.8 Å². The Balaban J connectivity index is 1.44. The average molecular weight is 445 g/mol. The van der Waals surface area contributed by atoms with E-state index in [1.54, 1.807) is 19.1 Å². The molecule has 0 aromatic heterocycles. The van der Waals surface area contributed by atoms with Crippen molar-refractivity contribution in [3.05, 3.63) is 53.6 Å². The highest BCUT2D eigenvalue weighted by Crippen LogP contribution is 2.42. The number of halogens is 2. The number of alkyl halides is 2. The Morgan fingerprint density at radius 2 is 1.78 bits per heavy atom. The van der Waals surface area contributed by atoms with Crippen molar-refractivity contribution < 1.29 is 32.6 Å². The highest BCUT2D eigenvalue weighted by atomic mass is 19.3. The SMILES string of the molecule is CCCc1ccc(C2(C)NC(=O)N(CC(=O)Nc3ccc4c(c3)OC(F)(F)O4)C2=O)cc1. The van der Waals surface area contributed by atoms with E-state index in [4.69, 9.17) is 0 Å². The number of fused-ring (bicyclic) bond motifs is 1. The van der Waals surface area contributed by atoms with Crippen molar-refractivity contribution in [3.8, 4) is 11.5 Å². The van der Waals surface area contributed by atoms with Crippen LogP contribution in [-0.4, -0.2) is 35.6 Å². The number of amides is 4. The van der Waals surface area contributed by atoms with Crippen LogP contribution in [0, 0.1) is 0 Å². The quantitative estimate of drug-likeness (QED) is 0.665. The molecular weight excluding hydrogens is 424 g/mol. The molecule has 4 rings (SSSR count). The number of rotatable bonds is 6. The Hall–Kier alpha value is -3.69. The third kappa shape index (κ3) is 3.95. The zero-order valence-electron chi connectivity index (χ0n) is 17.4. The van der Waals surface area contributed by atoms with Crippen LogP contribution in [0.15, 0.2) is 42.5 Å². The molecule has 0 bridgehead atoms. The normalized spacial score (nSPS) is 20.9. The first-order chi connectivity index (χ1) is 15.1. The lowest BCUT2D eigenvalue weighted by molar-refractivity contribution is -0.286. The highest BCUT2D eigenvalue weighted by Gasteiger charge is 2.49. The van der Waals surface area contributed by atoms with Gasteiger partial charge in [0.2, 0.25) is 5.91 Å². The van der Waals surface area contributed by atoms with Crippen molar-refractivity contribution in [2.24, 2.45) is 0 Å². The number of hydrogen-bond acceptors (Lipinski definition) is 5. The fourth-order valence-corrected chi connectivity index (χ4v) is 3.70. The molecule has 1 unspecified atom stereocenters. The van der Waals surface area contributed by atoms with E-state index < -0.39 is 36.2 Å². The molecule has 4 amide bonds. The van der Waals surface area contributed by atoms with E-state index in [1.165, 1.54) is 18.2 Å². The molecule has 2 N–H and O–H groups in total. The number of nitrogens with one attached hydrogen (secondary N) is 2. The van der Waals surface area contributed by atoms with Crippen LogP contribution in [0.25, 0.3) is 0 Å². The smallest absolute Gasteiger partial charge is 0.395 e. The Morgan fingerprint density at radius 3 is 2.47 bits per heavy atom. The van der Waals surface area contributed by atoms with Crippen molar-refractivity contribution in [2.75, 3.05) is 11.9 Å². The minimum absolute atomic E-state index is 0.149. The van der Waals surface area contributed by atoms with E-state index >= 15 is 0 Å². The molecule has 0 spiro atoms. The summed E-state index contributed by atoms with van der Waals surface area (Å²) in [4.78, 5) is 38.7. The van der Waals surface area contributed by atoms with Gasteiger partial charge < -0.3 is 20.1 Å². The second kappa shape index (κ2) is 7.77. The molecule has 0 radical (unpaired) electrons. The molecule has 2 heterocycles. The molecule has 2 aromatic carbocycles. The van der Waals surface area contributed by atoms with Gasteiger partial charge in [0.05, 0.1) is 0 Å². The summed E-state index contributed by atoms with van der Waals surface area (Å²) in [6, 6.07) is 10.4. The monoisotopic (exact) mass is 445 g/mol. The molecule has 32 heavy (non-hydrogen) atoms. The fraction of sp³-hybridized carbons (Fsp3) is 0.318. The topological polar surface area (TPSA) is 97.0 Å². The number of carbonyl (C=O) groups excluding carboxylic acids is 3. The number of nitrogens with zero attached hydrogens (tertiary/aromatic N) is 1. The summed E-state index contributed by atoms with van der Waals surface area (Å²) in [5, 5.41) is 5.11. The van der Waals surface area contributed by atoms with Crippen LogP contribution in [0.4, 0.5) is 19.3 Å². The van der Waals surface area contributed by atoms with Gasteiger partial charge in [-0.05, 0) is 36.6 Å². The van der Waals surface area contributed by atoms with Gasteiger partial charge in [-0.25, -0.2) is 4.79 Å². The molecule has 1 fully saturated rings. The predicted octanol–water partition coefficient (Wildman–Crippen LogP) is 3.37. The van der Waals surface area contributed by atoms with Gasteiger partial charge in [0.1, 0.15) is 12.1 Å². The maximum absolute atomic E-state index is 13.1. The van der Waals surface area contributed by atoms with E-state index in [0.717, 1.165) is 23.3 Å². The van der Waals surface area contributed by atoms with Crippen LogP contribution < -0.4 is 20.1 Å². The van der Waals surface area contributed by atoms with Gasteiger partial charge in [0.15, 0.2) is 11.5 Å². The minimum atomic E-state index is -3.77. The number of carbonyl (C=O) groups is 3. The molecule has 10 heteroatoms. The van der Waals surface area contributed by atoms with Crippen molar-refractivity contribution in [3.63, 3.8) is 0 Å². The van der Waals surface area contributed by atoms with E-state index in [2.05, 4.69) is 27.0 Å². The molecular formula is C22H21F2N3O5. The van der Waals surface area contributed by atoms with Gasteiger partial charge >= 0.3 is 12.3 Å². The first kappa shape index (κ1) is 21.5. The third-order valence-electron chi connectivity index (χ3n) is 5.33. The van der Waals surface area contributed by atoms with Crippen LogP contribution in [0.1, 0.15) is 31.4 Å². The predicted molar refractivity (Wildman–Crippen MR) is 109 cm³/mol. The number of hydrogen-bond donors (Lipinski definition) is 2. The summed E-state index contributed by atoms with van der Waals surface area (Å²) in [6.45, 7) is 3.11. The summed E-state index contributed by atoms with van der Waals surface area (Å²) in [5.41, 5.74) is 0.577. The number of benzene rings is 2. The van der Waals surface area contributed by atoms with E-state index in [1.807, 2.05) is 12.1 Å². The Labute approximate surface area is 182 Å². The van der Waals surface area contributed by atoms with Crippen molar-refractivity contribution >= 4 is 23.5 Å². The minimum Gasteiger partial charge on any atom is -0.395 e. The third-order valence-corrected chi connectivity index (χ3v) is 5.33. The van der Waals surface area contributed by atoms with Gasteiger partial charge in [-0.1, -0.05) is 37.6 Å². The van der Waals surface area contributed by atoms with E-state index in [-0.39, 0.29) is 17.2 Å². The van der Waals surface area contributed by atoms with Crippen LogP contribution in [0.5, 0.6) is 11.5 Å². The molecule has 2 aromatic rings. The first-order valence-corrected chi connectivity index (χ1v) is 10.0. The number of imide groups is 1. The van der Waals surface area contributed by atoms with E-state index in [9.17, 15) is 23.2 Å². The molecule has 1 atom stereocenters. The van der Waals surface area contributed by atoms with Crippen LogP contribution in [-0.2, 0) is 21.5 Å². The Kier molecular flexibility index (Phi) is 5.23. The van der Waals surface area contributed by atoms with Crippen molar-refractivity contribution in [2.45, 2.75) is 38.5 Å². The van der Waals surface area contributed by atoms with Crippen LogP contribution in [0.3, 0.4) is 0 Å². The lowest BCUT2D eigenvalue weighted by Gasteiger charge is -2.22. The summed E-state index contributed by atoms with van der Waals surface area (Å²) in [6.07, 6.45) is -1.88. The highest BCUT2D eigenvalue weighted by molar-refractivity contribution is 6.10. The molecule has 168 valence electrons. The summed E-state index contributed by atoms with van der Waals surface area (Å²) in [5.74, 6) is -1.64. The molecule has 8 nitrogen and oxygen atoms in total. The summed E-state index contributed by atoms with van der Waals surface area (Å²) in [7, 11) is 0. The van der Waals surface area contributed by atoms with Gasteiger partial charge in [0.25, 0.3) is 5.91 Å². The first-order valence-electron chi connectivity index (χ1n) is 10.0. The largest absolute Gasteiger partial charge is 0.586 e. The van der Waals surface area contributed by atoms with Crippen LogP contribution in [0.2, 0.25) is 0 Å². The molecule has 0 saturated carbocycles. The molecule has 1 saturated heterocycles. The summed E-state index contributed by atoms with van der Waals surface area (Å²) >= 11 is 0. The molecule has 0 aliphatic carbocycles. The van der Waals surface area contributed by atoms with Crippen molar-refractivity contribution in [1.82, 2.24) is 10.2 Å². The summed E-state index contributed by atoms with van der Waals surface area (Å²) < 4.78 is 34.9. The Morgan fingerprint density at radius 1 is 1.09 bits per heavy atom. The molecule has 2 aliphatic rings. The maximum Gasteiger partial charge on any atom is 0.586 e. The van der Waals surface area contributed by atoms with Crippen LogP contribution >= 0.6 is 0 Å². The zero-order chi connectivity index (χ0) is 23.1. The number of ether oxygens (including phenoxy) is 2. The standard InChI is InChI=1S/C22H21F2N3O5/c1-3-4-13-5-7-14(8-6-13)21(2)19(29)27(20(30)26-21)12-18(28)25-15-9-10-16-17(11-15)32-22(23,24)31-16/h5-11H,3-4,12H2,1-2H3,(H,25,28)(H,26,30). The number of urea groups is 1. The zero-order valence-corrected chi connectivity index (χ0v) is 17.4. The lowest BCUT2D eigenvalue weighted by Crippen LogP contribution is -2.42. The maximum atomic E-state index is 13.1.